The number of carbonyl (C=O) groups excluding carboxylic acids is 2. The van der Waals surface area contributed by atoms with E-state index in [9.17, 15) is 14.0 Å². The van der Waals surface area contributed by atoms with Crippen molar-refractivity contribution < 1.29 is 28.2 Å². The zero-order chi connectivity index (χ0) is 20.8. The molecular formula is C21H21ClFNO5. The molecule has 8 heteroatoms. The number of ether oxygens (including phenoxy) is 3. The third kappa shape index (κ3) is 5.92. The van der Waals surface area contributed by atoms with E-state index in [2.05, 4.69) is 5.32 Å². The summed E-state index contributed by atoms with van der Waals surface area (Å²) in [6, 6.07) is 10.3. The quantitative estimate of drug-likeness (QED) is 0.677. The Bertz CT molecular complexity index is 868. The normalized spacial score (nSPS) is 16.9. The molecule has 0 bridgehead atoms. The molecule has 29 heavy (non-hydrogen) atoms. The molecule has 2 aromatic carbocycles. The molecule has 1 heterocycles. The lowest BCUT2D eigenvalue weighted by molar-refractivity contribution is -0.123. The van der Waals surface area contributed by atoms with E-state index in [0.29, 0.717) is 12.4 Å². The van der Waals surface area contributed by atoms with E-state index >= 15 is 0 Å². The van der Waals surface area contributed by atoms with E-state index < -0.39 is 23.8 Å². The molecule has 1 fully saturated rings. The lowest BCUT2D eigenvalue weighted by Crippen LogP contribution is -2.30. The van der Waals surface area contributed by atoms with E-state index in [-0.39, 0.29) is 22.4 Å². The molecule has 1 saturated heterocycles. The Kier molecular flexibility index (Phi) is 7.06. The van der Waals surface area contributed by atoms with Crippen molar-refractivity contribution in [2.75, 3.05) is 18.5 Å². The number of esters is 1. The molecule has 6 nitrogen and oxygen atoms in total. The molecule has 154 valence electrons. The summed E-state index contributed by atoms with van der Waals surface area (Å²) >= 11 is 5.68. The Morgan fingerprint density at radius 3 is 2.69 bits per heavy atom. The smallest absolute Gasteiger partial charge is 0.338 e. The van der Waals surface area contributed by atoms with Crippen LogP contribution in [0.1, 0.15) is 30.1 Å². The standard InChI is InChI=1S/C21H21ClFNO5/c1-13(20(25)24-19-9-6-15(22)11-18(19)23)29-21(26)14-4-7-16(8-5-14)28-12-17-3-2-10-27-17/h4-9,11,13,17H,2-3,10,12H2,1H3,(H,24,25). The highest BCUT2D eigenvalue weighted by Gasteiger charge is 2.20. The maximum atomic E-state index is 13.8. The molecule has 1 amide bonds. The first-order chi connectivity index (χ1) is 13.9. The Balaban J connectivity index is 1.51. The maximum absolute atomic E-state index is 13.8. The summed E-state index contributed by atoms with van der Waals surface area (Å²) < 4.78 is 30.1. The number of carbonyl (C=O) groups is 2. The lowest BCUT2D eigenvalue weighted by atomic mass is 10.2. The fourth-order valence-electron chi connectivity index (χ4n) is 2.76. The van der Waals surface area contributed by atoms with Crippen molar-refractivity contribution in [2.24, 2.45) is 0 Å². The predicted octanol–water partition coefficient (Wildman–Crippen LogP) is 4.22. The zero-order valence-corrected chi connectivity index (χ0v) is 16.6. The van der Waals surface area contributed by atoms with E-state index in [4.69, 9.17) is 25.8 Å². The van der Waals surface area contributed by atoms with E-state index in [1.54, 1.807) is 24.3 Å². The summed E-state index contributed by atoms with van der Waals surface area (Å²) in [5.74, 6) is -1.39. The third-order valence-corrected chi connectivity index (χ3v) is 4.63. The molecule has 2 atom stereocenters. The molecular weight excluding hydrogens is 401 g/mol. The summed E-state index contributed by atoms with van der Waals surface area (Å²) in [7, 11) is 0. The number of rotatable bonds is 7. The SMILES string of the molecule is CC(OC(=O)c1ccc(OCC2CCCO2)cc1)C(=O)Nc1ccc(Cl)cc1F. The molecule has 0 saturated carbocycles. The Morgan fingerprint density at radius 2 is 2.03 bits per heavy atom. The Labute approximate surface area is 172 Å². The fourth-order valence-corrected chi connectivity index (χ4v) is 2.92. The van der Waals surface area contributed by atoms with Gasteiger partial charge in [-0.1, -0.05) is 11.6 Å². The summed E-state index contributed by atoms with van der Waals surface area (Å²) in [6.07, 6.45) is 0.997. The van der Waals surface area contributed by atoms with Crippen LogP contribution in [0.25, 0.3) is 0 Å². The van der Waals surface area contributed by atoms with Gasteiger partial charge >= 0.3 is 5.97 Å². The van der Waals surface area contributed by atoms with Crippen molar-refractivity contribution in [3.05, 3.63) is 58.9 Å². The van der Waals surface area contributed by atoms with Gasteiger partial charge in [0.2, 0.25) is 0 Å². The molecule has 0 aliphatic carbocycles. The second-order valence-corrected chi connectivity index (χ2v) is 7.07. The van der Waals surface area contributed by atoms with Crippen LogP contribution in [0.15, 0.2) is 42.5 Å². The second-order valence-electron chi connectivity index (χ2n) is 6.63. The average Bonchev–Trinajstić information content (AvgIpc) is 3.22. The van der Waals surface area contributed by atoms with Gasteiger partial charge in [0.25, 0.3) is 5.91 Å². The van der Waals surface area contributed by atoms with Gasteiger partial charge in [-0.25, -0.2) is 9.18 Å². The monoisotopic (exact) mass is 421 g/mol. The molecule has 1 aliphatic heterocycles. The Hall–Kier alpha value is -2.64. The minimum atomic E-state index is -1.12. The van der Waals surface area contributed by atoms with Crippen LogP contribution in [0, 0.1) is 5.82 Å². The molecule has 2 unspecified atom stereocenters. The van der Waals surface area contributed by atoms with Gasteiger partial charge in [-0.15, -0.1) is 0 Å². The van der Waals surface area contributed by atoms with Crippen LogP contribution in [0.3, 0.4) is 0 Å². The van der Waals surface area contributed by atoms with Gasteiger partial charge in [-0.2, -0.15) is 0 Å². The average molecular weight is 422 g/mol. The molecule has 0 aromatic heterocycles. The van der Waals surface area contributed by atoms with Crippen molar-refractivity contribution in [3.8, 4) is 5.75 Å². The van der Waals surface area contributed by atoms with E-state index in [1.807, 2.05) is 0 Å². The van der Waals surface area contributed by atoms with Gasteiger partial charge in [0.15, 0.2) is 6.10 Å². The number of anilines is 1. The predicted molar refractivity (Wildman–Crippen MR) is 106 cm³/mol. The van der Waals surface area contributed by atoms with Crippen LogP contribution in [-0.2, 0) is 14.3 Å². The van der Waals surface area contributed by atoms with Crippen LogP contribution in [0.4, 0.5) is 10.1 Å². The van der Waals surface area contributed by atoms with Crippen molar-refractivity contribution in [3.63, 3.8) is 0 Å². The highest BCUT2D eigenvalue weighted by atomic mass is 35.5. The molecule has 3 rings (SSSR count). The minimum Gasteiger partial charge on any atom is -0.491 e. The highest BCUT2D eigenvalue weighted by Crippen LogP contribution is 2.20. The summed E-state index contributed by atoms with van der Waals surface area (Å²) in [6.45, 7) is 2.62. The number of benzene rings is 2. The summed E-state index contributed by atoms with van der Waals surface area (Å²) in [5.41, 5.74) is 0.224. The highest BCUT2D eigenvalue weighted by molar-refractivity contribution is 6.30. The van der Waals surface area contributed by atoms with Crippen LogP contribution >= 0.6 is 11.6 Å². The molecule has 2 aromatic rings. The van der Waals surface area contributed by atoms with Gasteiger partial charge in [-0.05, 0) is 62.2 Å². The molecule has 0 radical (unpaired) electrons. The van der Waals surface area contributed by atoms with Crippen LogP contribution in [0.5, 0.6) is 5.75 Å². The van der Waals surface area contributed by atoms with Crippen molar-refractivity contribution in [1.29, 1.82) is 0 Å². The zero-order valence-electron chi connectivity index (χ0n) is 15.8. The topological polar surface area (TPSA) is 73.9 Å². The number of hydrogen-bond donors (Lipinski definition) is 1. The van der Waals surface area contributed by atoms with Crippen molar-refractivity contribution in [2.45, 2.75) is 32.0 Å². The van der Waals surface area contributed by atoms with Crippen molar-refractivity contribution in [1.82, 2.24) is 0 Å². The first-order valence-electron chi connectivity index (χ1n) is 9.24. The first-order valence-corrected chi connectivity index (χ1v) is 9.61. The van der Waals surface area contributed by atoms with Gasteiger partial charge in [0.1, 0.15) is 18.2 Å². The van der Waals surface area contributed by atoms with E-state index in [1.165, 1.54) is 19.1 Å². The molecule has 0 spiro atoms. The first kappa shape index (κ1) is 21.1. The number of hydrogen-bond acceptors (Lipinski definition) is 5. The maximum Gasteiger partial charge on any atom is 0.338 e. The lowest BCUT2D eigenvalue weighted by Gasteiger charge is -2.14. The molecule has 1 N–H and O–H groups in total. The largest absolute Gasteiger partial charge is 0.491 e. The molecule has 1 aliphatic rings. The number of nitrogens with one attached hydrogen (secondary N) is 1. The van der Waals surface area contributed by atoms with E-state index in [0.717, 1.165) is 25.5 Å². The summed E-state index contributed by atoms with van der Waals surface area (Å²) in [4.78, 5) is 24.4. The number of halogens is 2. The van der Waals surface area contributed by atoms with Gasteiger partial charge in [-0.3, -0.25) is 4.79 Å². The van der Waals surface area contributed by atoms with Gasteiger partial charge in [0, 0.05) is 11.6 Å². The second kappa shape index (κ2) is 9.71. The van der Waals surface area contributed by atoms with Crippen LogP contribution < -0.4 is 10.1 Å². The minimum absolute atomic E-state index is 0.0463. The fraction of sp³-hybridized carbons (Fsp3) is 0.333. The van der Waals surface area contributed by atoms with Crippen LogP contribution in [-0.4, -0.2) is 37.3 Å². The van der Waals surface area contributed by atoms with Crippen molar-refractivity contribution >= 4 is 29.2 Å². The third-order valence-electron chi connectivity index (χ3n) is 4.39. The number of amides is 1. The Morgan fingerprint density at radius 1 is 1.28 bits per heavy atom. The van der Waals surface area contributed by atoms with Crippen LogP contribution in [0.2, 0.25) is 5.02 Å². The summed E-state index contributed by atoms with van der Waals surface area (Å²) in [5, 5.41) is 2.58. The van der Waals surface area contributed by atoms with Gasteiger partial charge in [0.05, 0.1) is 17.4 Å². The van der Waals surface area contributed by atoms with Gasteiger partial charge < -0.3 is 19.5 Å².